The quantitative estimate of drug-likeness (QED) is 0.518. The lowest BCUT2D eigenvalue weighted by molar-refractivity contribution is -0.163. The fourth-order valence-electron chi connectivity index (χ4n) is 4.63. The first-order chi connectivity index (χ1) is 12.9. The molecule has 3 fully saturated rings. The number of likely N-dealkylation sites (tertiary alicyclic amines) is 1. The van der Waals surface area contributed by atoms with Crippen LogP contribution in [-0.2, 0) is 14.3 Å². The number of carbonyl (C=O) groups is 2. The molecule has 1 amide bonds. The van der Waals surface area contributed by atoms with Gasteiger partial charge in [0.15, 0.2) is 0 Å². The number of hydrogen-bond acceptors (Lipinski definition) is 7. The van der Waals surface area contributed by atoms with Crippen molar-refractivity contribution in [1.29, 1.82) is 0 Å². The Labute approximate surface area is 162 Å². The number of carboxylic acid groups (broad SMARTS) is 1. The van der Waals surface area contributed by atoms with Crippen LogP contribution in [0.3, 0.4) is 0 Å². The molecule has 5 atom stereocenters. The van der Waals surface area contributed by atoms with E-state index in [4.69, 9.17) is 4.74 Å². The number of aliphatic hydroxyl groups is 1. The van der Waals surface area contributed by atoms with Crippen LogP contribution >= 0.6 is 11.8 Å². The predicted molar refractivity (Wildman–Crippen MR) is 100 cm³/mol. The average Bonchev–Trinajstić information content (AvgIpc) is 2.83. The van der Waals surface area contributed by atoms with Crippen molar-refractivity contribution in [2.75, 3.05) is 39.3 Å². The summed E-state index contributed by atoms with van der Waals surface area (Å²) in [6.45, 7) is 8.78. The second-order valence-corrected chi connectivity index (χ2v) is 9.27. The minimum absolute atomic E-state index is 0.0571. The van der Waals surface area contributed by atoms with Crippen LogP contribution in [0.15, 0.2) is 10.6 Å². The van der Waals surface area contributed by atoms with Gasteiger partial charge in [-0.05, 0) is 6.92 Å². The fourth-order valence-corrected chi connectivity index (χ4v) is 6.21. The van der Waals surface area contributed by atoms with E-state index in [0.29, 0.717) is 5.25 Å². The van der Waals surface area contributed by atoms with Gasteiger partial charge in [0, 0.05) is 48.8 Å². The molecule has 3 saturated heterocycles. The third kappa shape index (κ3) is 3.29. The van der Waals surface area contributed by atoms with Gasteiger partial charge in [-0.2, -0.15) is 0 Å². The average molecular weight is 397 g/mol. The molecule has 0 aliphatic carbocycles. The predicted octanol–water partition coefficient (Wildman–Crippen LogP) is -0.454. The van der Waals surface area contributed by atoms with Crippen molar-refractivity contribution in [3.63, 3.8) is 0 Å². The number of hydrogen-bond donors (Lipinski definition) is 3. The molecule has 27 heavy (non-hydrogen) atoms. The second-order valence-electron chi connectivity index (χ2n) is 7.93. The lowest BCUT2D eigenvalue weighted by Gasteiger charge is -2.46. The first-order valence-electron chi connectivity index (χ1n) is 9.58. The Morgan fingerprint density at radius 3 is 2.78 bits per heavy atom. The van der Waals surface area contributed by atoms with Crippen molar-refractivity contribution in [2.24, 2.45) is 11.8 Å². The number of nitrogens with zero attached hydrogens (tertiary/aromatic N) is 2. The zero-order valence-corrected chi connectivity index (χ0v) is 16.4. The van der Waals surface area contributed by atoms with Crippen LogP contribution in [0.1, 0.15) is 13.8 Å². The Morgan fingerprint density at radius 1 is 1.44 bits per heavy atom. The molecule has 0 spiro atoms. The third-order valence-electron chi connectivity index (χ3n) is 5.99. The lowest BCUT2D eigenvalue weighted by Crippen LogP contribution is -2.63. The van der Waals surface area contributed by atoms with E-state index >= 15 is 0 Å². The Hall–Kier alpha value is -1.13. The summed E-state index contributed by atoms with van der Waals surface area (Å²) in [4.78, 5) is 28.7. The van der Waals surface area contributed by atoms with Crippen molar-refractivity contribution in [3.8, 4) is 0 Å². The highest BCUT2D eigenvalue weighted by molar-refractivity contribution is 8.03. The maximum absolute atomic E-state index is 12.4. The first kappa shape index (κ1) is 19.2. The molecule has 0 aromatic rings. The number of thioether (sulfide) groups is 1. The van der Waals surface area contributed by atoms with E-state index in [1.165, 1.54) is 4.90 Å². The maximum Gasteiger partial charge on any atom is 0.353 e. The number of rotatable bonds is 6. The molecule has 0 aromatic carbocycles. The molecule has 4 aliphatic heterocycles. The SMILES string of the molecule is CC(O)[C@H]1C(=O)N2C(C(=O)O)=C(SC3CN(C[C@@H]4CNCCO4)C3)[C@H](C)[C@H]12. The van der Waals surface area contributed by atoms with Gasteiger partial charge in [0.2, 0.25) is 5.91 Å². The van der Waals surface area contributed by atoms with Gasteiger partial charge in [-0.3, -0.25) is 9.69 Å². The Balaban J connectivity index is 1.38. The number of nitrogens with one attached hydrogen (secondary N) is 1. The molecule has 0 saturated carbocycles. The minimum atomic E-state index is -1.05. The number of aliphatic carboxylic acids is 1. The van der Waals surface area contributed by atoms with Crippen LogP contribution in [0.4, 0.5) is 0 Å². The molecule has 8 nitrogen and oxygen atoms in total. The Morgan fingerprint density at radius 2 is 2.19 bits per heavy atom. The highest BCUT2D eigenvalue weighted by atomic mass is 32.2. The lowest BCUT2D eigenvalue weighted by atomic mass is 9.79. The number of amides is 1. The minimum Gasteiger partial charge on any atom is -0.477 e. The van der Waals surface area contributed by atoms with Crippen LogP contribution in [-0.4, -0.2) is 94.7 Å². The van der Waals surface area contributed by atoms with E-state index in [0.717, 1.165) is 44.2 Å². The van der Waals surface area contributed by atoms with Crippen LogP contribution in [0, 0.1) is 11.8 Å². The molecule has 4 aliphatic rings. The standard InChI is InChI=1S/C18H27N3O5S/c1-9-14-13(10(2)22)17(23)21(14)15(18(24)25)16(9)27-12-7-20(8-12)6-11-5-19-3-4-26-11/h9-14,19,22H,3-8H2,1-2H3,(H,24,25)/t9-,10?,11+,13-,14-/m1/s1. The highest BCUT2D eigenvalue weighted by Crippen LogP contribution is 2.51. The van der Waals surface area contributed by atoms with E-state index in [1.807, 2.05) is 6.92 Å². The van der Waals surface area contributed by atoms with Gasteiger partial charge in [0.25, 0.3) is 0 Å². The van der Waals surface area contributed by atoms with Crippen molar-refractivity contribution in [2.45, 2.75) is 37.3 Å². The number of fused-ring (bicyclic) bond motifs is 1. The van der Waals surface area contributed by atoms with Crippen molar-refractivity contribution in [1.82, 2.24) is 15.1 Å². The van der Waals surface area contributed by atoms with Crippen molar-refractivity contribution >= 4 is 23.6 Å². The number of β-lactam (4-membered cyclic amide) rings is 1. The van der Waals surface area contributed by atoms with Crippen molar-refractivity contribution in [3.05, 3.63) is 10.6 Å². The van der Waals surface area contributed by atoms with Gasteiger partial charge >= 0.3 is 5.97 Å². The molecule has 9 heteroatoms. The van der Waals surface area contributed by atoms with Gasteiger partial charge in [-0.15, -0.1) is 11.8 Å². The third-order valence-corrected chi connectivity index (χ3v) is 7.45. The summed E-state index contributed by atoms with van der Waals surface area (Å²) in [6, 6.07) is -0.232. The normalized spacial score (nSPS) is 35.7. The zero-order chi connectivity index (χ0) is 19.3. The second kappa shape index (κ2) is 7.36. The van der Waals surface area contributed by atoms with Crippen LogP contribution in [0.5, 0.6) is 0 Å². The number of ether oxygens (including phenoxy) is 1. The molecule has 0 bridgehead atoms. The molecular formula is C18H27N3O5S. The van der Waals surface area contributed by atoms with E-state index in [9.17, 15) is 19.8 Å². The first-order valence-corrected chi connectivity index (χ1v) is 10.5. The summed E-state index contributed by atoms with van der Waals surface area (Å²) in [5, 5.41) is 23.2. The van der Waals surface area contributed by atoms with Gasteiger partial charge in [0.1, 0.15) is 5.70 Å². The summed E-state index contributed by atoms with van der Waals surface area (Å²) in [7, 11) is 0. The number of carboxylic acids is 1. The monoisotopic (exact) mass is 397 g/mol. The molecule has 3 N–H and O–H groups in total. The van der Waals surface area contributed by atoms with Gasteiger partial charge in [-0.25, -0.2) is 4.79 Å². The smallest absolute Gasteiger partial charge is 0.353 e. The zero-order valence-electron chi connectivity index (χ0n) is 15.6. The van der Waals surface area contributed by atoms with E-state index in [-0.39, 0.29) is 29.7 Å². The molecule has 4 rings (SSSR count). The molecule has 1 unspecified atom stereocenters. The van der Waals surface area contributed by atoms with Gasteiger partial charge in [-0.1, -0.05) is 6.92 Å². The van der Waals surface area contributed by atoms with Crippen LogP contribution in [0.25, 0.3) is 0 Å². The van der Waals surface area contributed by atoms with Crippen LogP contribution in [0.2, 0.25) is 0 Å². The number of aliphatic hydroxyl groups excluding tert-OH is 1. The van der Waals surface area contributed by atoms with E-state index in [1.54, 1.807) is 18.7 Å². The topological polar surface area (TPSA) is 102 Å². The molecule has 0 aromatic heterocycles. The molecule has 4 heterocycles. The van der Waals surface area contributed by atoms with Crippen molar-refractivity contribution < 1.29 is 24.5 Å². The maximum atomic E-state index is 12.4. The fraction of sp³-hybridized carbons (Fsp3) is 0.778. The van der Waals surface area contributed by atoms with Crippen LogP contribution < -0.4 is 5.32 Å². The summed E-state index contributed by atoms with van der Waals surface area (Å²) >= 11 is 1.59. The molecule has 0 radical (unpaired) electrons. The largest absolute Gasteiger partial charge is 0.477 e. The van der Waals surface area contributed by atoms with E-state index < -0.39 is 18.0 Å². The van der Waals surface area contributed by atoms with E-state index in [2.05, 4.69) is 10.2 Å². The summed E-state index contributed by atoms with van der Waals surface area (Å²) in [5.74, 6) is -1.88. The summed E-state index contributed by atoms with van der Waals surface area (Å²) in [6.07, 6.45) is -0.542. The Kier molecular flexibility index (Phi) is 5.24. The Bertz CT molecular complexity index is 657. The van der Waals surface area contributed by atoms with Gasteiger partial charge in [0.05, 0.1) is 30.8 Å². The van der Waals surface area contributed by atoms with Gasteiger partial charge < -0.3 is 25.2 Å². The number of morpholine rings is 1. The molecule has 150 valence electrons. The highest BCUT2D eigenvalue weighted by Gasteiger charge is 2.60. The number of carbonyl (C=O) groups excluding carboxylic acids is 1. The summed E-state index contributed by atoms with van der Waals surface area (Å²) in [5.41, 5.74) is 0.123. The summed E-state index contributed by atoms with van der Waals surface area (Å²) < 4.78 is 5.74. The molecular weight excluding hydrogens is 370 g/mol.